The Labute approximate surface area is 250 Å². The van der Waals surface area contributed by atoms with Crippen molar-refractivity contribution in [3.63, 3.8) is 0 Å². The molecule has 3 aromatic rings. The third-order valence-corrected chi connectivity index (χ3v) is 8.01. The summed E-state index contributed by atoms with van der Waals surface area (Å²) in [5.41, 5.74) is 1.37. The van der Waals surface area contributed by atoms with Crippen molar-refractivity contribution in [1.82, 2.24) is 4.98 Å². The molecule has 2 aromatic carbocycles. The number of methoxy groups -OCH3 is 2. The largest absolute Gasteiger partial charge is 0.493 e. The number of carbonyl (C=O) groups excluding carboxylic acids is 1. The minimum Gasteiger partial charge on any atom is -0.493 e. The van der Waals surface area contributed by atoms with Crippen LogP contribution in [0.1, 0.15) is 72.9 Å². The quantitative estimate of drug-likeness (QED) is 0.171. The van der Waals surface area contributed by atoms with Gasteiger partial charge >= 0.3 is 5.97 Å². The van der Waals surface area contributed by atoms with Gasteiger partial charge in [-0.3, -0.25) is 4.98 Å². The second kappa shape index (κ2) is 13.5. The molecule has 2 saturated carbocycles. The predicted molar refractivity (Wildman–Crippen MR) is 159 cm³/mol. The Balaban J connectivity index is 1.50. The van der Waals surface area contributed by atoms with E-state index in [1.165, 1.54) is 12.4 Å². The fourth-order valence-electron chi connectivity index (χ4n) is 5.21. The number of esters is 1. The first-order chi connectivity index (χ1) is 19.9. The molecule has 0 radical (unpaired) electrons. The predicted octanol–water partition coefficient (Wildman–Crippen LogP) is 8.40. The summed E-state index contributed by atoms with van der Waals surface area (Å²) >= 11 is 12.9. The molecule has 0 saturated heterocycles. The number of halogens is 2. The van der Waals surface area contributed by atoms with Gasteiger partial charge in [-0.25, -0.2) is 4.79 Å². The second-order valence-corrected chi connectivity index (χ2v) is 11.0. The van der Waals surface area contributed by atoms with Crippen LogP contribution in [0.25, 0.3) is 11.8 Å². The normalized spacial score (nSPS) is 16.0. The van der Waals surface area contributed by atoms with Crippen LogP contribution < -0.4 is 18.9 Å². The zero-order valence-electron chi connectivity index (χ0n) is 23.2. The molecule has 2 aliphatic rings. The molecule has 0 bridgehead atoms. The van der Waals surface area contributed by atoms with E-state index >= 15 is 0 Å². The maximum atomic E-state index is 13.6. The maximum absolute atomic E-state index is 13.6. The van der Waals surface area contributed by atoms with Gasteiger partial charge in [-0.05, 0) is 93.8 Å². The summed E-state index contributed by atoms with van der Waals surface area (Å²) in [6, 6.07) is 10.4. The van der Waals surface area contributed by atoms with Crippen molar-refractivity contribution < 1.29 is 28.5 Å². The molecular formula is C32H33Cl2NO6. The lowest BCUT2D eigenvalue weighted by molar-refractivity contribution is 0.0692. The smallest absolute Gasteiger partial charge is 0.343 e. The van der Waals surface area contributed by atoms with E-state index < -0.39 is 5.97 Å². The third-order valence-electron chi connectivity index (χ3n) is 7.41. The Hall–Kier alpha value is -3.42. The van der Waals surface area contributed by atoms with Gasteiger partial charge in [-0.2, -0.15) is 0 Å². The molecule has 41 heavy (non-hydrogen) atoms. The van der Waals surface area contributed by atoms with E-state index in [1.807, 2.05) is 6.07 Å². The van der Waals surface area contributed by atoms with Gasteiger partial charge in [0.1, 0.15) is 5.76 Å². The molecule has 9 heteroatoms. The summed E-state index contributed by atoms with van der Waals surface area (Å²) in [4.78, 5) is 17.6. The van der Waals surface area contributed by atoms with Crippen LogP contribution in [0.4, 0.5) is 0 Å². The molecule has 7 nitrogen and oxygen atoms in total. The highest BCUT2D eigenvalue weighted by molar-refractivity contribution is 6.37. The minimum absolute atomic E-state index is 0.0965. The number of carbonyl (C=O) groups is 1. The standard InChI is InChI=1S/C32H33Cl2NO6/c1-37-27-13-11-20(15-30(27)39-22-7-3-4-8-22)29(17-24-25(33)18-35-19-26(24)34)41-32(36)21-12-14-28(38-2)31(16-21)40-23-9-5-6-10-23/h11-19,22-23H,3-10H2,1-2H3/b29-17-. The molecule has 5 rings (SSSR count). The highest BCUT2D eigenvalue weighted by Crippen LogP contribution is 2.37. The Kier molecular flexibility index (Phi) is 9.57. The lowest BCUT2D eigenvalue weighted by atomic mass is 10.1. The van der Waals surface area contributed by atoms with Crippen molar-refractivity contribution >= 4 is 41.0 Å². The number of hydrogen-bond acceptors (Lipinski definition) is 7. The number of ether oxygens (including phenoxy) is 5. The molecule has 0 spiro atoms. The molecule has 1 aromatic heterocycles. The van der Waals surface area contributed by atoms with Crippen LogP contribution in [0.3, 0.4) is 0 Å². The van der Waals surface area contributed by atoms with Gasteiger partial charge in [0.2, 0.25) is 0 Å². The first kappa shape index (κ1) is 29.1. The van der Waals surface area contributed by atoms with Crippen LogP contribution in [-0.4, -0.2) is 37.4 Å². The Morgan fingerprint density at radius 1 is 0.756 bits per heavy atom. The zero-order chi connectivity index (χ0) is 28.8. The van der Waals surface area contributed by atoms with Crippen LogP contribution >= 0.6 is 23.2 Å². The van der Waals surface area contributed by atoms with Crippen molar-refractivity contribution in [2.45, 2.75) is 63.6 Å². The molecule has 1 heterocycles. The molecule has 2 fully saturated rings. The van der Waals surface area contributed by atoms with E-state index in [2.05, 4.69) is 4.98 Å². The number of rotatable bonds is 10. The first-order valence-corrected chi connectivity index (χ1v) is 14.6. The van der Waals surface area contributed by atoms with E-state index in [9.17, 15) is 4.79 Å². The topological polar surface area (TPSA) is 76.1 Å². The first-order valence-electron chi connectivity index (χ1n) is 13.9. The van der Waals surface area contributed by atoms with E-state index in [1.54, 1.807) is 50.6 Å². The van der Waals surface area contributed by atoms with Gasteiger partial charge in [-0.1, -0.05) is 23.2 Å². The number of benzene rings is 2. The van der Waals surface area contributed by atoms with Gasteiger partial charge in [0.05, 0.1) is 42.0 Å². The highest BCUT2D eigenvalue weighted by atomic mass is 35.5. The fraction of sp³-hybridized carbons (Fsp3) is 0.375. The van der Waals surface area contributed by atoms with Crippen LogP contribution in [0, 0.1) is 0 Å². The number of hydrogen-bond donors (Lipinski definition) is 0. The fourth-order valence-corrected chi connectivity index (χ4v) is 5.68. The van der Waals surface area contributed by atoms with Crippen LogP contribution in [0.15, 0.2) is 48.8 Å². The summed E-state index contributed by atoms with van der Waals surface area (Å²) in [6.07, 6.45) is 13.2. The van der Waals surface area contributed by atoms with Crippen LogP contribution in [0.2, 0.25) is 10.0 Å². The molecule has 0 unspecified atom stereocenters. The molecule has 216 valence electrons. The van der Waals surface area contributed by atoms with Crippen molar-refractivity contribution in [1.29, 1.82) is 0 Å². The Morgan fingerprint density at radius 3 is 1.76 bits per heavy atom. The lowest BCUT2D eigenvalue weighted by Gasteiger charge is -2.18. The van der Waals surface area contributed by atoms with Gasteiger partial charge in [0.15, 0.2) is 23.0 Å². The van der Waals surface area contributed by atoms with E-state index in [0.29, 0.717) is 49.7 Å². The summed E-state index contributed by atoms with van der Waals surface area (Å²) in [6.45, 7) is 0. The van der Waals surface area contributed by atoms with Crippen LogP contribution in [-0.2, 0) is 4.74 Å². The summed E-state index contributed by atoms with van der Waals surface area (Å²) in [5, 5.41) is 0.636. The van der Waals surface area contributed by atoms with Gasteiger partial charge in [0.25, 0.3) is 0 Å². The Bertz CT molecular complexity index is 1390. The van der Waals surface area contributed by atoms with E-state index in [0.717, 1.165) is 51.4 Å². The van der Waals surface area contributed by atoms with Crippen molar-refractivity contribution in [2.75, 3.05) is 14.2 Å². The number of pyridine rings is 1. The molecule has 0 atom stereocenters. The molecule has 0 amide bonds. The van der Waals surface area contributed by atoms with Crippen LogP contribution in [0.5, 0.6) is 23.0 Å². The minimum atomic E-state index is -0.578. The molecule has 0 N–H and O–H groups in total. The SMILES string of the molecule is COc1ccc(C(=O)O/C(=C\c2c(Cl)cncc2Cl)c2ccc(OC)c(OC3CCCC3)c2)cc1OC1CCCC1. The molecule has 2 aliphatic carbocycles. The average molecular weight is 599 g/mol. The Morgan fingerprint density at radius 2 is 1.24 bits per heavy atom. The summed E-state index contributed by atoms with van der Waals surface area (Å²) in [5.74, 6) is 1.89. The monoisotopic (exact) mass is 597 g/mol. The van der Waals surface area contributed by atoms with Gasteiger partial charge in [0, 0.05) is 23.5 Å². The lowest BCUT2D eigenvalue weighted by Crippen LogP contribution is -2.13. The number of aromatic nitrogens is 1. The second-order valence-electron chi connectivity index (χ2n) is 10.2. The third kappa shape index (κ3) is 7.08. The molecule has 0 aliphatic heterocycles. The molecular weight excluding hydrogens is 565 g/mol. The summed E-state index contributed by atoms with van der Waals surface area (Å²) in [7, 11) is 3.17. The van der Waals surface area contributed by atoms with E-state index in [4.69, 9.17) is 46.9 Å². The number of nitrogens with zero attached hydrogens (tertiary/aromatic N) is 1. The highest BCUT2D eigenvalue weighted by Gasteiger charge is 2.23. The van der Waals surface area contributed by atoms with Crippen molar-refractivity contribution in [3.05, 3.63) is 75.5 Å². The van der Waals surface area contributed by atoms with Crippen molar-refractivity contribution in [2.24, 2.45) is 0 Å². The van der Waals surface area contributed by atoms with Crippen molar-refractivity contribution in [3.8, 4) is 23.0 Å². The maximum Gasteiger partial charge on any atom is 0.343 e. The summed E-state index contributed by atoms with van der Waals surface area (Å²) < 4.78 is 29.6. The zero-order valence-corrected chi connectivity index (χ0v) is 24.7. The van der Waals surface area contributed by atoms with E-state index in [-0.39, 0.29) is 18.0 Å². The van der Waals surface area contributed by atoms with Gasteiger partial charge < -0.3 is 23.7 Å². The average Bonchev–Trinajstić information content (AvgIpc) is 3.69. The van der Waals surface area contributed by atoms with Gasteiger partial charge in [-0.15, -0.1) is 0 Å².